The van der Waals surface area contributed by atoms with Crippen LogP contribution in [0.1, 0.15) is 50.9 Å². The Morgan fingerprint density at radius 1 is 0.926 bits per heavy atom. The second-order valence-electron chi connectivity index (χ2n) is 6.63. The monoisotopic (exact) mass is 360 g/mol. The number of carbonyl (C=O) groups excluding carboxylic acids is 2. The molecule has 2 amide bonds. The predicted molar refractivity (Wildman–Crippen MR) is 103 cm³/mol. The van der Waals surface area contributed by atoms with Crippen molar-refractivity contribution in [3.05, 3.63) is 89.4 Å². The Morgan fingerprint density at radius 2 is 1.74 bits per heavy atom. The Hall–Kier alpha value is -3.34. The predicted octanol–water partition coefficient (Wildman–Crippen LogP) is 4.34. The number of hydrogen-bond donors (Lipinski definition) is 2. The molecule has 1 aromatic heterocycles. The number of hydrogen-bond acceptors (Lipinski definition) is 3. The van der Waals surface area contributed by atoms with E-state index in [1.54, 1.807) is 36.4 Å². The molecule has 0 spiro atoms. The number of amides is 2. The van der Waals surface area contributed by atoms with E-state index in [1.165, 1.54) is 17.4 Å². The van der Waals surface area contributed by atoms with E-state index >= 15 is 0 Å². The maximum absolute atomic E-state index is 12.6. The van der Waals surface area contributed by atoms with Crippen LogP contribution in [0.2, 0.25) is 0 Å². The summed E-state index contributed by atoms with van der Waals surface area (Å²) in [6.07, 6.45) is 4.53. The van der Waals surface area contributed by atoms with Gasteiger partial charge < -0.3 is 15.1 Å². The zero-order chi connectivity index (χ0) is 18.6. The van der Waals surface area contributed by atoms with Gasteiger partial charge >= 0.3 is 0 Å². The molecular weight excluding hydrogens is 340 g/mol. The van der Waals surface area contributed by atoms with E-state index in [-0.39, 0.29) is 23.6 Å². The Balaban J connectivity index is 1.42. The third kappa shape index (κ3) is 3.77. The minimum atomic E-state index is -0.323. The summed E-state index contributed by atoms with van der Waals surface area (Å²) in [7, 11) is 0. The topological polar surface area (TPSA) is 71.3 Å². The second kappa shape index (κ2) is 7.50. The summed E-state index contributed by atoms with van der Waals surface area (Å²) >= 11 is 0. The van der Waals surface area contributed by atoms with E-state index < -0.39 is 0 Å². The molecule has 0 aliphatic heterocycles. The van der Waals surface area contributed by atoms with Crippen LogP contribution >= 0.6 is 0 Å². The molecule has 0 bridgehead atoms. The van der Waals surface area contributed by atoms with Gasteiger partial charge in [0.25, 0.3) is 11.8 Å². The van der Waals surface area contributed by atoms with E-state index in [4.69, 9.17) is 4.42 Å². The summed E-state index contributed by atoms with van der Waals surface area (Å²) in [5.74, 6) is -0.190. The molecule has 3 aromatic rings. The van der Waals surface area contributed by atoms with Crippen molar-refractivity contribution in [1.82, 2.24) is 5.32 Å². The van der Waals surface area contributed by atoms with Crippen LogP contribution in [0.15, 0.2) is 71.3 Å². The molecule has 4 rings (SSSR count). The Labute approximate surface area is 157 Å². The number of nitrogens with one attached hydrogen (secondary N) is 2. The van der Waals surface area contributed by atoms with E-state index in [2.05, 4.69) is 22.8 Å². The molecule has 5 heteroatoms. The SMILES string of the molecule is O=C(N[C@H]1CCCc2ccccc21)c1ccc(NC(=O)c2ccco2)cc1. The van der Waals surface area contributed by atoms with Gasteiger partial charge in [-0.15, -0.1) is 0 Å². The number of furan rings is 1. The summed E-state index contributed by atoms with van der Waals surface area (Å²) in [4.78, 5) is 24.6. The lowest BCUT2D eigenvalue weighted by molar-refractivity contribution is 0.0932. The van der Waals surface area contributed by atoms with Gasteiger partial charge in [-0.3, -0.25) is 9.59 Å². The Morgan fingerprint density at radius 3 is 2.52 bits per heavy atom. The average molecular weight is 360 g/mol. The fraction of sp³-hybridized carbons (Fsp3) is 0.182. The number of aryl methyl sites for hydroxylation is 1. The molecule has 0 fully saturated rings. The van der Waals surface area contributed by atoms with Gasteiger partial charge in [0.2, 0.25) is 0 Å². The summed E-state index contributed by atoms with van der Waals surface area (Å²) in [5.41, 5.74) is 3.69. The molecule has 0 unspecified atom stereocenters. The first-order chi connectivity index (χ1) is 13.2. The van der Waals surface area contributed by atoms with E-state index in [9.17, 15) is 9.59 Å². The van der Waals surface area contributed by atoms with Crippen LogP contribution < -0.4 is 10.6 Å². The van der Waals surface area contributed by atoms with Crippen molar-refractivity contribution >= 4 is 17.5 Å². The molecule has 136 valence electrons. The van der Waals surface area contributed by atoms with Crippen LogP contribution in [-0.2, 0) is 6.42 Å². The summed E-state index contributed by atoms with van der Waals surface area (Å²) in [5, 5.41) is 5.87. The van der Waals surface area contributed by atoms with Gasteiger partial charge in [-0.25, -0.2) is 0 Å². The minimum Gasteiger partial charge on any atom is -0.459 e. The van der Waals surface area contributed by atoms with Gasteiger partial charge in [0, 0.05) is 11.3 Å². The molecule has 0 radical (unpaired) electrons. The maximum atomic E-state index is 12.6. The average Bonchev–Trinajstić information content (AvgIpc) is 3.24. The van der Waals surface area contributed by atoms with Crippen LogP contribution in [0, 0.1) is 0 Å². The molecule has 1 aliphatic rings. The van der Waals surface area contributed by atoms with Gasteiger partial charge in [-0.05, 0) is 66.8 Å². The highest BCUT2D eigenvalue weighted by molar-refractivity contribution is 6.02. The quantitative estimate of drug-likeness (QED) is 0.727. The van der Waals surface area contributed by atoms with Gasteiger partial charge in [0.15, 0.2) is 5.76 Å². The highest BCUT2D eigenvalue weighted by atomic mass is 16.3. The molecule has 1 atom stereocenters. The second-order valence-corrected chi connectivity index (χ2v) is 6.63. The van der Waals surface area contributed by atoms with Gasteiger partial charge in [0.1, 0.15) is 0 Å². The van der Waals surface area contributed by atoms with Crippen LogP contribution in [0.25, 0.3) is 0 Å². The van der Waals surface area contributed by atoms with Gasteiger partial charge in [-0.2, -0.15) is 0 Å². The third-order valence-corrected chi connectivity index (χ3v) is 4.82. The highest BCUT2D eigenvalue weighted by Crippen LogP contribution is 2.29. The summed E-state index contributed by atoms with van der Waals surface area (Å²) in [6, 6.07) is 18.4. The highest BCUT2D eigenvalue weighted by Gasteiger charge is 2.21. The van der Waals surface area contributed by atoms with E-state index in [0.717, 1.165) is 19.3 Å². The molecule has 1 aliphatic carbocycles. The minimum absolute atomic E-state index is 0.0424. The third-order valence-electron chi connectivity index (χ3n) is 4.82. The summed E-state index contributed by atoms with van der Waals surface area (Å²) < 4.78 is 5.07. The molecule has 5 nitrogen and oxygen atoms in total. The standard InChI is InChI=1S/C22H20N2O3/c25-21(24-19-8-3-6-15-5-1-2-7-18(15)19)16-10-12-17(13-11-16)23-22(26)20-9-4-14-27-20/h1-2,4-5,7,9-14,19H,3,6,8H2,(H,23,26)(H,24,25)/t19-/m0/s1. The largest absolute Gasteiger partial charge is 0.459 e. The van der Waals surface area contributed by atoms with Crippen molar-refractivity contribution in [1.29, 1.82) is 0 Å². The summed E-state index contributed by atoms with van der Waals surface area (Å²) in [6.45, 7) is 0. The van der Waals surface area contributed by atoms with Crippen molar-refractivity contribution in [2.24, 2.45) is 0 Å². The molecule has 0 saturated heterocycles. The number of fused-ring (bicyclic) bond motifs is 1. The fourth-order valence-corrected chi connectivity index (χ4v) is 3.45. The van der Waals surface area contributed by atoms with Crippen molar-refractivity contribution in [3.63, 3.8) is 0 Å². The van der Waals surface area contributed by atoms with Crippen molar-refractivity contribution < 1.29 is 14.0 Å². The Kier molecular flexibility index (Phi) is 4.75. The van der Waals surface area contributed by atoms with E-state index in [1.807, 2.05) is 12.1 Å². The van der Waals surface area contributed by atoms with Crippen LogP contribution in [0.3, 0.4) is 0 Å². The lowest BCUT2D eigenvalue weighted by Crippen LogP contribution is -2.30. The first-order valence-electron chi connectivity index (χ1n) is 9.04. The van der Waals surface area contributed by atoms with E-state index in [0.29, 0.717) is 11.3 Å². The zero-order valence-corrected chi connectivity index (χ0v) is 14.8. The lowest BCUT2D eigenvalue weighted by atomic mass is 9.87. The molecule has 1 heterocycles. The van der Waals surface area contributed by atoms with Crippen LogP contribution in [-0.4, -0.2) is 11.8 Å². The molecular formula is C22H20N2O3. The zero-order valence-electron chi connectivity index (χ0n) is 14.8. The normalized spacial score (nSPS) is 15.6. The van der Waals surface area contributed by atoms with Gasteiger partial charge in [0.05, 0.1) is 12.3 Å². The van der Waals surface area contributed by atoms with Crippen molar-refractivity contribution in [2.45, 2.75) is 25.3 Å². The molecule has 27 heavy (non-hydrogen) atoms. The van der Waals surface area contributed by atoms with Crippen LogP contribution in [0.5, 0.6) is 0 Å². The number of anilines is 1. The smallest absolute Gasteiger partial charge is 0.291 e. The maximum Gasteiger partial charge on any atom is 0.291 e. The van der Waals surface area contributed by atoms with Crippen LogP contribution in [0.4, 0.5) is 5.69 Å². The molecule has 2 N–H and O–H groups in total. The van der Waals surface area contributed by atoms with Gasteiger partial charge in [-0.1, -0.05) is 24.3 Å². The first kappa shape index (κ1) is 17.1. The molecule has 2 aromatic carbocycles. The lowest BCUT2D eigenvalue weighted by Gasteiger charge is -2.26. The first-order valence-corrected chi connectivity index (χ1v) is 9.04. The Bertz CT molecular complexity index is 946. The van der Waals surface area contributed by atoms with Crippen molar-refractivity contribution in [3.8, 4) is 0 Å². The number of carbonyl (C=O) groups is 2. The van der Waals surface area contributed by atoms with Crippen molar-refractivity contribution in [2.75, 3.05) is 5.32 Å². The number of benzene rings is 2. The fourth-order valence-electron chi connectivity index (χ4n) is 3.45. The number of rotatable bonds is 4. The molecule has 0 saturated carbocycles.